The molecule has 0 aliphatic heterocycles. The van der Waals surface area contributed by atoms with E-state index in [9.17, 15) is 9.18 Å². The molecule has 0 radical (unpaired) electrons. The Bertz CT molecular complexity index is 666. The number of rotatable bonds is 5. The second kappa shape index (κ2) is 7.22. The maximum atomic E-state index is 12.9. The standard InChI is InChI=1S/C18H20FN3O/c19-14-9-7-13(8-10-14)12-21-17-16(6-3-11-20-17)18(23)22-15-4-1-2-5-15/h3,6-11,15H,1-2,4-5,12H2,(H,20,21)(H,22,23). The minimum Gasteiger partial charge on any atom is -0.365 e. The molecule has 1 amide bonds. The van der Waals surface area contributed by atoms with E-state index >= 15 is 0 Å². The first kappa shape index (κ1) is 15.5. The number of pyridine rings is 1. The van der Waals surface area contributed by atoms with Crippen LogP contribution in [0.15, 0.2) is 42.6 Å². The van der Waals surface area contributed by atoms with Gasteiger partial charge in [-0.2, -0.15) is 0 Å². The Morgan fingerprint density at radius 3 is 2.65 bits per heavy atom. The summed E-state index contributed by atoms with van der Waals surface area (Å²) in [5.74, 6) is 0.196. The summed E-state index contributed by atoms with van der Waals surface area (Å²) in [6.07, 6.45) is 6.09. The monoisotopic (exact) mass is 313 g/mol. The number of benzene rings is 1. The molecule has 0 saturated heterocycles. The first-order valence-electron chi connectivity index (χ1n) is 7.96. The predicted molar refractivity (Wildman–Crippen MR) is 87.7 cm³/mol. The molecule has 1 aliphatic carbocycles. The number of anilines is 1. The van der Waals surface area contributed by atoms with Gasteiger partial charge in [0.15, 0.2) is 0 Å². The molecular weight excluding hydrogens is 293 g/mol. The van der Waals surface area contributed by atoms with Gasteiger partial charge in [-0.15, -0.1) is 0 Å². The molecule has 1 saturated carbocycles. The Labute approximate surface area is 135 Å². The molecule has 2 N–H and O–H groups in total. The lowest BCUT2D eigenvalue weighted by molar-refractivity contribution is 0.0938. The molecule has 1 aromatic carbocycles. The Morgan fingerprint density at radius 1 is 1.17 bits per heavy atom. The van der Waals surface area contributed by atoms with Crippen molar-refractivity contribution < 1.29 is 9.18 Å². The van der Waals surface area contributed by atoms with E-state index in [0.29, 0.717) is 17.9 Å². The molecule has 0 spiro atoms. The van der Waals surface area contributed by atoms with Crippen molar-refractivity contribution in [3.8, 4) is 0 Å². The second-order valence-corrected chi connectivity index (χ2v) is 5.83. The van der Waals surface area contributed by atoms with Gasteiger partial charge in [-0.05, 0) is 42.7 Å². The van der Waals surface area contributed by atoms with Gasteiger partial charge >= 0.3 is 0 Å². The van der Waals surface area contributed by atoms with Gasteiger partial charge in [-0.25, -0.2) is 9.37 Å². The third kappa shape index (κ3) is 4.06. The van der Waals surface area contributed by atoms with Crippen LogP contribution < -0.4 is 10.6 Å². The average Bonchev–Trinajstić information content (AvgIpc) is 3.07. The number of hydrogen-bond acceptors (Lipinski definition) is 3. The van der Waals surface area contributed by atoms with Gasteiger partial charge in [0.05, 0.1) is 5.56 Å². The lowest BCUT2D eigenvalue weighted by atomic mass is 10.2. The van der Waals surface area contributed by atoms with E-state index in [4.69, 9.17) is 0 Å². The Morgan fingerprint density at radius 2 is 1.91 bits per heavy atom. The van der Waals surface area contributed by atoms with Crippen LogP contribution in [0.25, 0.3) is 0 Å². The maximum absolute atomic E-state index is 12.9. The van der Waals surface area contributed by atoms with E-state index in [1.54, 1.807) is 30.5 Å². The minimum absolute atomic E-state index is 0.0911. The third-order valence-corrected chi connectivity index (χ3v) is 4.12. The highest BCUT2D eigenvalue weighted by atomic mass is 19.1. The van der Waals surface area contributed by atoms with E-state index in [1.165, 1.54) is 25.0 Å². The Kier molecular flexibility index (Phi) is 4.86. The van der Waals surface area contributed by atoms with E-state index in [1.807, 2.05) is 0 Å². The Balaban J connectivity index is 1.67. The van der Waals surface area contributed by atoms with Crippen molar-refractivity contribution in [3.05, 3.63) is 59.5 Å². The smallest absolute Gasteiger partial charge is 0.255 e. The summed E-state index contributed by atoms with van der Waals surface area (Å²) in [6, 6.07) is 10.1. The number of aromatic nitrogens is 1. The molecule has 0 bridgehead atoms. The fourth-order valence-electron chi connectivity index (χ4n) is 2.85. The van der Waals surface area contributed by atoms with Crippen molar-refractivity contribution in [1.82, 2.24) is 10.3 Å². The van der Waals surface area contributed by atoms with Gasteiger partial charge < -0.3 is 10.6 Å². The fourth-order valence-corrected chi connectivity index (χ4v) is 2.85. The quantitative estimate of drug-likeness (QED) is 0.888. The first-order chi connectivity index (χ1) is 11.2. The van der Waals surface area contributed by atoms with E-state index in [0.717, 1.165) is 18.4 Å². The largest absolute Gasteiger partial charge is 0.365 e. The van der Waals surface area contributed by atoms with Crippen LogP contribution in [-0.2, 0) is 6.54 Å². The minimum atomic E-state index is -0.261. The molecule has 0 atom stereocenters. The highest BCUT2D eigenvalue weighted by Crippen LogP contribution is 2.19. The molecule has 4 nitrogen and oxygen atoms in total. The van der Waals surface area contributed by atoms with E-state index in [-0.39, 0.29) is 17.8 Å². The maximum Gasteiger partial charge on any atom is 0.255 e. The number of nitrogens with zero attached hydrogens (tertiary/aromatic N) is 1. The topological polar surface area (TPSA) is 54.0 Å². The molecule has 23 heavy (non-hydrogen) atoms. The van der Waals surface area contributed by atoms with Crippen LogP contribution in [0.5, 0.6) is 0 Å². The summed E-state index contributed by atoms with van der Waals surface area (Å²) in [6.45, 7) is 0.487. The van der Waals surface area contributed by atoms with Crippen LogP contribution >= 0.6 is 0 Å². The highest BCUT2D eigenvalue weighted by Gasteiger charge is 2.19. The average molecular weight is 313 g/mol. The molecule has 1 fully saturated rings. The lowest BCUT2D eigenvalue weighted by Gasteiger charge is -2.14. The predicted octanol–water partition coefficient (Wildman–Crippen LogP) is 3.51. The SMILES string of the molecule is O=C(NC1CCCC1)c1cccnc1NCc1ccc(F)cc1. The van der Waals surface area contributed by atoms with Crippen LogP contribution in [0.1, 0.15) is 41.6 Å². The summed E-state index contributed by atoms with van der Waals surface area (Å²) in [5.41, 5.74) is 1.47. The highest BCUT2D eigenvalue weighted by molar-refractivity contribution is 5.98. The Hall–Kier alpha value is -2.43. The summed E-state index contributed by atoms with van der Waals surface area (Å²) in [4.78, 5) is 16.7. The molecule has 1 aliphatic rings. The fraction of sp³-hybridized carbons (Fsp3) is 0.333. The zero-order chi connectivity index (χ0) is 16.1. The lowest BCUT2D eigenvalue weighted by Crippen LogP contribution is -2.33. The van der Waals surface area contributed by atoms with Crippen LogP contribution in [0.3, 0.4) is 0 Å². The zero-order valence-electron chi connectivity index (χ0n) is 12.9. The van der Waals surface area contributed by atoms with Gasteiger partial charge in [0.1, 0.15) is 11.6 Å². The number of amides is 1. The molecule has 1 heterocycles. The summed E-state index contributed by atoms with van der Waals surface area (Å²) < 4.78 is 12.9. The number of carbonyl (C=O) groups excluding carboxylic acids is 1. The van der Waals surface area contributed by atoms with Gasteiger partial charge in [0, 0.05) is 18.8 Å². The van der Waals surface area contributed by atoms with Crippen molar-refractivity contribution in [1.29, 1.82) is 0 Å². The molecule has 1 aromatic heterocycles. The van der Waals surface area contributed by atoms with Crippen molar-refractivity contribution in [3.63, 3.8) is 0 Å². The van der Waals surface area contributed by atoms with Gasteiger partial charge in [-0.1, -0.05) is 25.0 Å². The second-order valence-electron chi connectivity index (χ2n) is 5.83. The van der Waals surface area contributed by atoms with Crippen LogP contribution in [-0.4, -0.2) is 16.9 Å². The van der Waals surface area contributed by atoms with Gasteiger partial charge in [0.25, 0.3) is 5.91 Å². The number of nitrogens with one attached hydrogen (secondary N) is 2. The zero-order valence-corrected chi connectivity index (χ0v) is 12.9. The van der Waals surface area contributed by atoms with Gasteiger partial charge in [0.2, 0.25) is 0 Å². The van der Waals surface area contributed by atoms with Gasteiger partial charge in [-0.3, -0.25) is 4.79 Å². The van der Waals surface area contributed by atoms with E-state index < -0.39 is 0 Å². The first-order valence-corrected chi connectivity index (χ1v) is 7.96. The van der Waals surface area contributed by atoms with Crippen LogP contribution in [0.4, 0.5) is 10.2 Å². The van der Waals surface area contributed by atoms with E-state index in [2.05, 4.69) is 15.6 Å². The normalized spacial score (nSPS) is 14.7. The number of halogens is 1. The van der Waals surface area contributed by atoms with Crippen molar-refractivity contribution in [2.24, 2.45) is 0 Å². The van der Waals surface area contributed by atoms with Crippen LogP contribution in [0.2, 0.25) is 0 Å². The summed E-state index contributed by atoms with van der Waals surface area (Å²) >= 11 is 0. The third-order valence-electron chi connectivity index (χ3n) is 4.12. The van der Waals surface area contributed by atoms with Crippen LogP contribution in [0, 0.1) is 5.82 Å². The summed E-state index contributed by atoms with van der Waals surface area (Å²) in [7, 11) is 0. The summed E-state index contributed by atoms with van der Waals surface area (Å²) in [5, 5.41) is 6.23. The van der Waals surface area contributed by atoms with Crippen molar-refractivity contribution >= 4 is 11.7 Å². The number of hydrogen-bond donors (Lipinski definition) is 2. The van der Waals surface area contributed by atoms with Crippen molar-refractivity contribution in [2.75, 3.05) is 5.32 Å². The molecule has 2 aromatic rings. The van der Waals surface area contributed by atoms with Crippen molar-refractivity contribution in [2.45, 2.75) is 38.3 Å². The molecule has 3 rings (SSSR count). The molecule has 120 valence electrons. The number of carbonyl (C=O) groups is 1. The molecule has 5 heteroatoms. The molecular formula is C18H20FN3O. The molecule has 0 unspecified atom stereocenters.